The Balaban J connectivity index is 1.89. The second kappa shape index (κ2) is 5.12. The van der Waals surface area contributed by atoms with Gasteiger partial charge in [-0.3, -0.25) is 9.67 Å². The number of nitrogens with zero attached hydrogens (tertiary/aromatic N) is 4. The van der Waals surface area contributed by atoms with E-state index in [0.717, 1.165) is 27.4 Å². The van der Waals surface area contributed by atoms with E-state index in [0.29, 0.717) is 12.1 Å². The van der Waals surface area contributed by atoms with Gasteiger partial charge in [-0.2, -0.15) is 5.10 Å². The molecule has 1 aliphatic rings. The van der Waals surface area contributed by atoms with Crippen molar-refractivity contribution in [1.82, 2.24) is 14.8 Å². The van der Waals surface area contributed by atoms with E-state index in [9.17, 15) is 8.78 Å². The van der Waals surface area contributed by atoms with Gasteiger partial charge in [0.2, 0.25) is 0 Å². The van der Waals surface area contributed by atoms with Crippen LogP contribution in [0.4, 0.5) is 14.6 Å². The van der Waals surface area contributed by atoms with Gasteiger partial charge in [0.25, 0.3) is 6.43 Å². The van der Waals surface area contributed by atoms with Gasteiger partial charge in [-0.05, 0) is 23.3 Å². The molecule has 0 fully saturated rings. The van der Waals surface area contributed by atoms with Gasteiger partial charge in [-0.15, -0.1) is 0 Å². The van der Waals surface area contributed by atoms with Crippen molar-refractivity contribution in [2.45, 2.75) is 13.0 Å². The Labute approximate surface area is 130 Å². The molecule has 2 aromatic heterocycles. The van der Waals surface area contributed by atoms with Gasteiger partial charge in [-0.1, -0.05) is 12.1 Å². The van der Waals surface area contributed by atoms with Gasteiger partial charge in [0, 0.05) is 23.2 Å². The lowest BCUT2D eigenvalue weighted by atomic mass is 10.0. The summed E-state index contributed by atoms with van der Waals surface area (Å²) in [6.07, 6.45) is 2.87. The van der Waals surface area contributed by atoms with Crippen LogP contribution in [-0.2, 0) is 6.54 Å². The van der Waals surface area contributed by atoms with Gasteiger partial charge < -0.3 is 5.73 Å². The molecule has 3 heterocycles. The SMILES string of the molecule is Nc1nc2cc(C3=CC=NC3)ccc2c2cn(CC(F)F)nc12. The third-order valence-electron chi connectivity index (χ3n) is 3.87. The van der Waals surface area contributed by atoms with Crippen LogP contribution in [0.1, 0.15) is 5.56 Å². The Morgan fingerprint density at radius 2 is 2.13 bits per heavy atom. The highest BCUT2D eigenvalue weighted by molar-refractivity contribution is 6.08. The lowest BCUT2D eigenvalue weighted by molar-refractivity contribution is 0.122. The number of aliphatic imine (C=N–C) groups is 1. The molecule has 1 aromatic carbocycles. The fourth-order valence-corrected chi connectivity index (χ4v) is 2.81. The number of hydrogen-bond donors (Lipinski definition) is 1. The minimum atomic E-state index is -2.47. The average molecular weight is 313 g/mol. The maximum absolute atomic E-state index is 12.6. The molecule has 23 heavy (non-hydrogen) atoms. The molecule has 2 N–H and O–H groups in total. The summed E-state index contributed by atoms with van der Waals surface area (Å²) in [5.41, 5.74) is 9.27. The molecule has 0 unspecified atom stereocenters. The van der Waals surface area contributed by atoms with Gasteiger partial charge >= 0.3 is 0 Å². The maximum Gasteiger partial charge on any atom is 0.257 e. The van der Waals surface area contributed by atoms with E-state index in [1.54, 1.807) is 12.4 Å². The van der Waals surface area contributed by atoms with E-state index in [-0.39, 0.29) is 5.82 Å². The first-order valence-corrected chi connectivity index (χ1v) is 7.16. The zero-order chi connectivity index (χ0) is 16.0. The fraction of sp³-hybridized carbons (Fsp3) is 0.188. The Morgan fingerprint density at radius 3 is 2.87 bits per heavy atom. The van der Waals surface area contributed by atoms with Crippen LogP contribution in [0.2, 0.25) is 0 Å². The summed E-state index contributed by atoms with van der Waals surface area (Å²) in [7, 11) is 0. The molecule has 0 aliphatic carbocycles. The third-order valence-corrected chi connectivity index (χ3v) is 3.87. The van der Waals surface area contributed by atoms with E-state index >= 15 is 0 Å². The minimum absolute atomic E-state index is 0.245. The zero-order valence-electron chi connectivity index (χ0n) is 12.1. The number of hydrogen-bond acceptors (Lipinski definition) is 4. The predicted octanol–water partition coefficient (Wildman–Crippen LogP) is 2.90. The van der Waals surface area contributed by atoms with Crippen molar-refractivity contribution in [3.05, 3.63) is 36.0 Å². The molecule has 0 saturated heterocycles. The number of benzene rings is 1. The highest BCUT2D eigenvalue weighted by Gasteiger charge is 2.14. The maximum atomic E-state index is 12.6. The number of alkyl halides is 2. The van der Waals surface area contributed by atoms with Crippen LogP contribution in [0, 0.1) is 0 Å². The largest absolute Gasteiger partial charge is 0.382 e. The van der Waals surface area contributed by atoms with Crippen molar-refractivity contribution in [3.63, 3.8) is 0 Å². The van der Waals surface area contributed by atoms with Crippen LogP contribution in [0.25, 0.3) is 27.4 Å². The number of halogens is 2. The van der Waals surface area contributed by atoms with E-state index in [4.69, 9.17) is 5.73 Å². The molecule has 116 valence electrons. The van der Waals surface area contributed by atoms with Gasteiger partial charge in [0.1, 0.15) is 12.1 Å². The molecule has 0 saturated carbocycles. The van der Waals surface area contributed by atoms with Crippen LogP contribution < -0.4 is 5.73 Å². The monoisotopic (exact) mass is 313 g/mol. The molecular weight excluding hydrogens is 300 g/mol. The molecule has 7 heteroatoms. The summed E-state index contributed by atoms with van der Waals surface area (Å²) in [5, 5.41) is 5.70. The molecule has 1 aliphatic heterocycles. The van der Waals surface area contributed by atoms with Gasteiger partial charge in [-0.25, -0.2) is 13.8 Å². The van der Waals surface area contributed by atoms with Crippen molar-refractivity contribution < 1.29 is 8.78 Å². The highest BCUT2D eigenvalue weighted by atomic mass is 19.3. The lowest BCUT2D eigenvalue weighted by Gasteiger charge is -2.05. The number of aromatic nitrogens is 3. The second-order valence-corrected chi connectivity index (χ2v) is 5.42. The molecule has 3 aromatic rings. The van der Waals surface area contributed by atoms with E-state index in [1.165, 1.54) is 4.68 Å². The van der Waals surface area contributed by atoms with E-state index in [2.05, 4.69) is 15.1 Å². The molecule has 5 nitrogen and oxygen atoms in total. The number of pyridine rings is 1. The van der Waals surface area contributed by atoms with Crippen LogP contribution in [0.3, 0.4) is 0 Å². The summed E-state index contributed by atoms with van der Waals surface area (Å²) >= 11 is 0. The van der Waals surface area contributed by atoms with Crippen molar-refractivity contribution in [3.8, 4) is 0 Å². The molecule has 0 spiro atoms. The molecule has 0 amide bonds. The van der Waals surface area contributed by atoms with Crippen LogP contribution in [0.15, 0.2) is 35.5 Å². The number of fused-ring (bicyclic) bond motifs is 3. The van der Waals surface area contributed by atoms with Gasteiger partial charge in [0.15, 0.2) is 5.82 Å². The summed E-state index contributed by atoms with van der Waals surface area (Å²) in [6.45, 7) is 0.188. The number of nitrogens with two attached hydrogens (primary N) is 1. The lowest BCUT2D eigenvalue weighted by Crippen LogP contribution is -2.06. The molecule has 0 bridgehead atoms. The molecule has 4 rings (SSSR count). The number of allylic oxidation sites excluding steroid dienone is 1. The normalized spacial score (nSPS) is 14.3. The molecule has 0 atom stereocenters. The predicted molar refractivity (Wildman–Crippen MR) is 86.8 cm³/mol. The minimum Gasteiger partial charge on any atom is -0.382 e. The van der Waals surface area contributed by atoms with Crippen molar-refractivity contribution in [1.29, 1.82) is 0 Å². The van der Waals surface area contributed by atoms with E-state index < -0.39 is 13.0 Å². The van der Waals surface area contributed by atoms with Crippen LogP contribution in [-0.4, -0.2) is 33.9 Å². The number of rotatable bonds is 3. The van der Waals surface area contributed by atoms with E-state index in [1.807, 2.05) is 24.3 Å². The average Bonchev–Trinajstić information content (AvgIpc) is 3.15. The smallest absolute Gasteiger partial charge is 0.257 e. The second-order valence-electron chi connectivity index (χ2n) is 5.42. The van der Waals surface area contributed by atoms with Crippen LogP contribution in [0.5, 0.6) is 0 Å². The number of anilines is 1. The Bertz CT molecular complexity index is 971. The summed E-state index contributed by atoms with van der Waals surface area (Å²) < 4.78 is 26.3. The number of nitrogen functional groups attached to an aromatic ring is 1. The van der Waals surface area contributed by atoms with Crippen molar-refractivity contribution >= 4 is 39.4 Å². The first-order chi connectivity index (χ1) is 11.1. The van der Waals surface area contributed by atoms with Crippen LogP contribution >= 0.6 is 0 Å². The quantitative estimate of drug-likeness (QED) is 0.808. The molecular formula is C16H13F2N5. The van der Waals surface area contributed by atoms with Crippen molar-refractivity contribution in [2.75, 3.05) is 12.3 Å². The summed E-state index contributed by atoms with van der Waals surface area (Å²) in [6, 6.07) is 5.84. The summed E-state index contributed by atoms with van der Waals surface area (Å²) in [4.78, 5) is 8.55. The Hall–Kier alpha value is -2.83. The fourth-order valence-electron chi connectivity index (χ4n) is 2.81. The standard InChI is InChI=1S/C16H13F2N5/c17-14(18)8-23-7-12-11-2-1-9(10-3-4-20-6-10)5-13(11)21-16(19)15(12)22-23/h1-5,7,14H,6,8H2,(H2,19,21). The zero-order valence-corrected chi connectivity index (χ0v) is 12.1. The Kier molecular flexibility index (Phi) is 3.07. The Morgan fingerprint density at radius 1 is 1.26 bits per heavy atom. The first-order valence-electron chi connectivity index (χ1n) is 7.16. The topological polar surface area (TPSA) is 69.1 Å². The van der Waals surface area contributed by atoms with Crippen molar-refractivity contribution in [2.24, 2.45) is 4.99 Å². The molecule has 0 radical (unpaired) electrons. The highest BCUT2D eigenvalue weighted by Crippen LogP contribution is 2.29. The van der Waals surface area contributed by atoms with Gasteiger partial charge in [0.05, 0.1) is 12.1 Å². The third kappa shape index (κ3) is 2.34. The summed E-state index contributed by atoms with van der Waals surface area (Å²) in [5.74, 6) is 0.245. The first kappa shape index (κ1) is 13.8.